The fourth-order valence-corrected chi connectivity index (χ4v) is 2.18. The van der Waals surface area contributed by atoms with Gasteiger partial charge in [-0.05, 0) is 45.1 Å². The van der Waals surface area contributed by atoms with Gasteiger partial charge < -0.3 is 5.73 Å². The maximum absolute atomic E-state index is 6.25. The average Bonchev–Trinajstić information content (AvgIpc) is 2.38. The molecule has 0 saturated carbocycles. The molecule has 0 aliphatic heterocycles. The van der Waals surface area contributed by atoms with E-state index in [0.717, 1.165) is 22.0 Å². The van der Waals surface area contributed by atoms with Crippen LogP contribution < -0.4 is 5.73 Å². The Kier molecular flexibility index (Phi) is 3.92. The van der Waals surface area contributed by atoms with Gasteiger partial charge in [-0.15, -0.1) is 0 Å². The van der Waals surface area contributed by atoms with Crippen molar-refractivity contribution >= 4 is 15.9 Å². The first-order chi connectivity index (χ1) is 8.20. The smallest absolute Gasteiger partial charge is 0.0567 e. The lowest BCUT2D eigenvalue weighted by Gasteiger charge is -2.13. The second kappa shape index (κ2) is 5.43. The summed E-state index contributed by atoms with van der Waals surface area (Å²) in [5.74, 6) is 0. The highest BCUT2D eigenvalue weighted by Gasteiger charge is 2.09. The molecular weight excluding hydrogens is 276 g/mol. The monoisotopic (exact) mass is 290 g/mol. The van der Waals surface area contributed by atoms with Crippen LogP contribution in [0.2, 0.25) is 0 Å². The lowest BCUT2D eigenvalue weighted by molar-refractivity contribution is 0.858. The quantitative estimate of drug-likeness (QED) is 0.940. The molecule has 0 fully saturated rings. The third-order valence-corrected chi connectivity index (χ3v) is 3.24. The Labute approximate surface area is 110 Å². The molecule has 0 saturated heterocycles. The first-order valence-electron chi connectivity index (χ1n) is 5.65. The van der Waals surface area contributed by atoms with Gasteiger partial charge in [0.25, 0.3) is 0 Å². The van der Waals surface area contributed by atoms with Gasteiger partial charge >= 0.3 is 0 Å². The number of aryl methyl sites for hydroxylation is 1. The fraction of sp³-hybridized carbons (Fsp3) is 0.214. The van der Waals surface area contributed by atoms with Crippen LogP contribution in [0.15, 0.2) is 47.2 Å². The minimum Gasteiger partial charge on any atom is -0.320 e. The van der Waals surface area contributed by atoms with E-state index in [2.05, 4.69) is 52.1 Å². The molecule has 0 bridgehead atoms. The molecule has 2 nitrogen and oxygen atoms in total. The van der Waals surface area contributed by atoms with Gasteiger partial charge in [0.05, 0.1) is 6.04 Å². The van der Waals surface area contributed by atoms with E-state index in [9.17, 15) is 0 Å². The van der Waals surface area contributed by atoms with Gasteiger partial charge in [-0.2, -0.15) is 0 Å². The Morgan fingerprint density at radius 3 is 2.76 bits per heavy atom. The average molecular weight is 291 g/mol. The van der Waals surface area contributed by atoms with Crippen molar-refractivity contribution in [2.45, 2.75) is 19.4 Å². The number of hydrogen-bond donors (Lipinski definition) is 1. The molecule has 2 N–H and O–H groups in total. The summed E-state index contributed by atoms with van der Waals surface area (Å²) in [5.41, 5.74) is 9.70. The number of rotatable bonds is 3. The van der Waals surface area contributed by atoms with Crippen molar-refractivity contribution in [2.24, 2.45) is 5.73 Å². The molecule has 2 aromatic rings. The summed E-state index contributed by atoms with van der Waals surface area (Å²) in [6, 6.07) is 10.3. The molecule has 0 amide bonds. The Balaban J connectivity index is 2.33. The van der Waals surface area contributed by atoms with Crippen LogP contribution in [0.5, 0.6) is 0 Å². The van der Waals surface area contributed by atoms with E-state index in [4.69, 9.17) is 5.73 Å². The van der Waals surface area contributed by atoms with Crippen LogP contribution in [0.1, 0.15) is 29.7 Å². The minimum absolute atomic E-state index is 0.119. The summed E-state index contributed by atoms with van der Waals surface area (Å²) >= 11 is 3.41. The van der Waals surface area contributed by atoms with E-state index < -0.39 is 0 Å². The highest BCUT2D eigenvalue weighted by Crippen LogP contribution is 2.22. The van der Waals surface area contributed by atoms with Gasteiger partial charge in [0.15, 0.2) is 0 Å². The van der Waals surface area contributed by atoms with Crippen LogP contribution in [-0.4, -0.2) is 4.98 Å². The Hall–Kier alpha value is -1.19. The number of nitrogens with zero attached hydrogens (tertiary/aromatic N) is 1. The van der Waals surface area contributed by atoms with Gasteiger partial charge in [-0.25, -0.2) is 0 Å². The van der Waals surface area contributed by atoms with Crippen molar-refractivity contribution in [1.29, 1.82) is 0 Å². The summed E-state index contributed by atoms with van der Waals surface area (Å²) in [6.07, 6.45) is 4.60. The molecule has 1 aromatic carbocycles. The number of halogens is 1. The molecule has 1 unspecified atom stereocenters. The summed E-state index contributed by atoms with van der Waals surface area (Å²) in [5, 5.41) is 0. The van der Waals surface area contributed by atoms with Gasteiger partial charge in [0, 0.05) is 16.9 Å². The molecule has 1 atom stereocenters. The number of hydrogen-bond acceptors (Lipinski definition) is 2. The molecule has 3 heteroatoms. The lowest BCUT2D eigenvalue weighted by Crippen LogP contribution is -2.12. The van der Waals surface area contributed by atoms with Crippen molar-refractivity contribution in [2.75, 3.05) is 0 Å². The van der Waals surface area contributed by atoms with E-state index >= 15 is 0 Å². The highest BCUT2D eigenvalue weighted by atomic mass is 79.9. The predicted molar refractivity (Wildman–Crippen MR) is 73.8 cm³/mol. The Bertz CT molecular complexity index is 511. The standard InChI is InChI=1S/C14H15BrN2/c1-2-10-4-3-5-11(6-10)14(16)12-7-13(15)9-17-8-12/h3-9,14H,2,16H2,1H3. The largest absolute Gasteiger partial charge is 0.320 e. The maximum Gasteiger partial charge on any atom is 0.0567 e. The molecule has 1 aromatic heterocycles. The second-order valence-corrected chi connectivity index (χ2v) is 4.93. The van der Waals surface area contributed by atoms with Crippen LogP contribution in [-0.2, 0) is 6.42 Å². The van der Waals surface area contributed by atoms with Crippen molar-refractivity contribution in [3.8, 4) is 0 Å². The highest BCUT2D eigenvalue weighted by molar-refractivity contribution is 9.10. The number of benzene rings is 1. The van der Waals surface area contributed by atoms with Crippen LogP contribution in [0.25, 0.3) is 0 Å². The predicted octanol–water partition coefficient (Wildman–Crippen LogP) is 3.45. The summed E-state index contributed by atoms with van der Waals surface area (Å²) in [7, 11) is 0. The zero-order chi connectivity index (χ0) is 12.3. The molecule has 17 heavy (non-hydrogen) atoms. The Morgan fingerprint density at radius 1 is 1.24 bits per heavy atom. The molecule has 1 heterocycles. The lowest BCUT2D eigenvalue weighted by atomic mass is 9.99. The van der Waals surface area contributed by atoms with Gasteiger partial charge in [-0.1, -0.05) is 31.2 Å². The molecular formula is C14H15BrN2. The van der Waals surface area contributed by atoms with Gasteiger partial charge in [0.2, 0.25) is 0 Å². The summed E-state index contributed by atoms with van der Waals surface area (Å²) < 4.78 is 0.956. The zero-order valence-corrected chi connectivity index (χ0v) is 11.3. The molecule has 88 valence electrons. The third-order valence-electron chi connectivity index (χ3n) is 2.80. The normalized spacial score (nSPS) is 12.4. The molecule has 0 aliphatic rings. The van der Waals surface area contributed by atoms with Crippen LogP contribution >= 0.6 is 15.9 Å². The van der Waals surface area contributed by atoms with Crippen LogP contribution in [0.3, 0.4) is 0 Å². The van der Waals surface area contributed by atoms with E-state index in [1.54, 1.807) is 6.20 Å². The van der Waals surface area contributed by atoms with Crippen LogP contribution in [0.4, 0.5) is 0 Å². The van der Waals surface area contributed by atoms with Crippen molar-refractivity contribution in [1.82, 2.24) is 4.98 Å². The van der Waals surface area contributed by atoms with E-state index in [0.29, 0.717) is 0 Å². The van der Waals surface area contributed by atoms with Crippen molar-refractivity contribution in [3.63, 3.8) is 0 Å². The molecule has 0 spiro atoms. The zero-order valence-electron chi connectivity index (χ0n) is 9.73. The number of pyridine rings is 1. The first kappa shape index (κ1) is 12.3. The molecule has 0 radical (unpaired) electrons. The fourth-order valence-electron chi connectivity index (χ4n) is 1.80. The van der Waals surface area contributed by atoms with Crippen LogP contribution in [0, 0.1) is 0 Å². The SMILES string of the molecule is CCc1cccc(C(N)c2cncc(Br)c2)c1. The van der Waals surface area contributed by atoms with E-state index in [-0.39, 0.29) is 6.04 Å². The second-order valence-electron chi connectivity index (χ2n) is 4.01. The minimum atomic E-state index is -0.119. The molecule has 2 rings (SSSR count). The summed E-state index contributed by atoms with van der Waals surface area (Å²) in [6.45, 7) is 2.14. The van der Waals surface area contributed by atoms with E-state index in [1.807, 2.05) is 12.3 Å². The topological polar surface area (TPSA) is 38.9 Å². The number of nitrogens with two attached hydrogens (primary N) is 1. The third kappa shape index (κ3) is 2.93. The number of aromatic nitrogens is 1. The maximum atomic E-state index is 6.25. The first-order valence-corrected chi connectivity index (χ1v) is 6.45. The molecule has 0 aliphatic carbocycles. The van der Waals surface area contributed by atoms with Crippen molar-refractivity contribution < 1.29 is 0 Å². The van der Waals surface area contributed by atoms with Gasteiger partial charge in [0.1, 0.15) is 0 Å². The van der Waals surface area contributed by atoms with Gasteiger partial charge in [-0.3, -0.25) is 4.98 Å². The Morgan fingerprint density at radius 2 is 2.06 bits per heavy atom. The summed E-state index contributed by atoms with van der Waals surface area (Å²) in [4.78, 5) is 4.15. The van der Waals surface area contributed by atoms with Crippen molar-refractivity contribution in [3.05, 3.63) is 63.9 Å². The van der Waals surface area contributed by atoms with E-state index in [1.165, 1.54) is 5.56 Å².